The fourth-order valence-electron chi connectivity index (χ4n) is 9.73. The summed E-state index contributed by atoms with van der Waals surface area (Å²) in [5, 5.41) is 0. The predicted octanol–water partition coefficient (Wildman–Crippen LogP) is 14.6. The maximum Gasteiger partial charge on any atom is 0.343 e. The molecule has 20 heteroatoms. The average Bonchev–Trinajstić information content (AvgIpc) is 1.03. The van der Waals surface area contributed by atoms with Crippen molar-refractivity contribution >= 4 is 11.9 Å². The molecule has 0 bridgehead atoms. The molecule has 0 atom stereocenters. The van der Waals surface area contributed by atoms with Crippen molar-refractivity contribution in [1.82, 2.24) is 0 Å². The Morgan fingerprint density at radius 3 is 0.610 bits per heavy atom. The second kappa shape index (κ2) is 55.6. The van der Waals surface area contributed by atoms with E-state index in [2.05, 4.69) is 13.8 Å². The van der Waals surface area contributed by atoms with Crippen molar-refractivity contribution < 1.29 is 94.9 Å². The van der Waals surface area contributed by atoms with Crippen LogP contribution in [-0.2, 0) is 56.8 Å². The molecule has 6 aromatic carbocycles. The molecule has 0 N–H and O–H groups in total. The molecular formula is C80H110O20. The van der Waals surface area contributed by atoms with Crippen molar-refractivity contribution in [2.24, 2.45) is 0 Å². The van der Waals surface area contributed by atoms with Crippen LogP contribution in [0.2, 0.25) is 0 Å². The van der Waals surface area contributed by atoms with Crippen LogP contribution in [0.4, 0.5) is 0 Å². The van der Waals surface area contributed by atoms with E-state index in [9.17, 15) is 9.59 Å². The number of rotatable bonds is 63. The lowest BCUT2D eigenvalue weighted by Gasteiger charge is -2.10. The second-order valence-electron chi connectivity index (χ2n) is 23.2. The first-order chi connectivity index (χ1) is 49.5. The molecule has 0 radical (unpaired) electrons. The first kappa shape index (κ1) is 81.9. The quantitative estimate of drug-likeness (QED) is 0.0198. The van der Waals surface area contributed by atoms with Gasteiger partial charge in [0, 0.05) is 0 Å². The molecule has 0 saturated heterocycles. The minimum Gasteiger partial charge on any atom is -0.494 e. The molecule has 0 saturated carbocycles. The van der Waals surface area contributed by atoms with Crippen molar-refractivity contribution in [2.45, 2.75) is 90.9 Å². The van der Waals surface area contributed by atoms with Gasteiger partial charge in [-0.1, -0.05) is 127 Å². The molecule has 0 fully saturated rings. The van der Waals surface area contributed by atoms with Gasteiger partial charge in [0.2, 0.25) is 0 Å². The Labute approximate surface area is 593 Å². The molecule has 0 unspecified atom stereocenters. The van der Waals surface area contributed by atoms with E-state index in [0.717, 1.165) is 59.8 Å². The lowest BCUT2D eigenvalue weighted by atomic mass is 10.1. The number of unbranched alkanes of at least 4 members (excludes halogenated alkanes) is 10. The topological polar surface area (TPSA) is 200 Å². The van der Waals surface area contributed by atoms with Gasteiger partial charge in [-0.15, -0.1) is 0 Å². The van der Waals surface area contributed by atoms with E-state index >= 15 is 0 Å². The van der Waals surface area contributed by atoms with Crippen LogP contribution in [0, 0.1) is 0 Å². The summed E-state index contributed by atoms with van der Waals surface area (Å²) >= 11 is 0. The maximum atomic E-state index is 12.8. The smallest absolute Gasteiger partial charge is 0.343 e. The first-order valence-electron chi connectivity index (χ1n) is 36.0. The minimum atomic E-state index is -0.445. The third-order valence-electron chi connectivity index (χ3n) is 15.3. The maximum absolute atomic E-state index is 12.8. The van der Waals surface area contributed by atoms with Crippen LogP contribution in [0.25, 0.3) is 22.3 Å². The van der Waals surface area contributed by atoms with Crippen LogP contribution in [0.15, 0.2) is 146 Å². The Balaban J connectivity index is 0.597. The summed E-state index contributed by atoms with van der Waals surface area (Å²) in [7, 11) is 0. The van der Waals surface area contributed by atoms with Crippen LogP contribution in [-0.4, -0.2) is 197 Å². The van der Waals surface area contributed by atoms with Gasteiger partial charge in [-0.25, -0.2) is 9.59 Å². The molecular weight excluding hydrogens is 1280 g/mol. The van der Waals surface area contributed by atoms with Gasteiger partial charge in [-0.2, -0.15) is 0 Å². The van der Waals surface area contributed by atoms with E-state index in [1.807, 2.05) is 72.8 Å². The third-order valence-corrected chi connectivity index (χ3v) is 15.3. The summed E-state index contributed by atoms with van der Waals surface area (Å²) in [6.07, 6.45) is 14.8. The molecule has 0 aromatic heterocycles. The normalized spacial score (nSPS) is 11.3. The van der Waals surface area contributed by atoms with Gasteiger partial charge in [0.1, 0.15) is 47.7 Å². The third kappa shape index (κ3) is 38.7. The number of hydrogen-bond donors (Lipinski definition) is 0. The Morgan fingerprint density at radius 2 is 0.380 bits per heavy atom. The molecule has 0 aliphatic rings. The van der Waals surface area contributed by atoms with E-state index in [4.69, 9.17) is 85.3 Å². The number of carbonyl (C=O) groups excluding carboxylic acids is 2. The Hall–Kier alpha value is -7.02. The summed E-state index contributed by atoms with van der Waals surface area (Å²) in [5.74, 6) is 3.05. The van der Waals surface area contributed by atoms with Crippen LogP contribution in [0.1, 0.15) is 112 Å². The van der Waals surface area contributed by atoms with E-state index in [1.165, 1.54) is 64.2 Å². The molecule has 20 nitrogen and oxygen atoms in total. The molecule has 0 aliphatic heterocycles. The predicted molar refractivity (Wildman–Crippen MR) is 385 cm³/mol. The fourth-order valence-corrected chi connectivity index (χ4v) is 9.73. The SMILES string of the molecule is CCCCCCCCOc1ccc(-c2ccc(OC(=O)c3ccc(OCCOCCOCCOCCOCCOCCOCCOCCOCCOCCOCCOCCOCCOc4ccc(C(=O)Oc5ccc(-c6ccc(OCCCCCCCC)cc6)cc5)cc4)cc3)cc2)cc1. The molecule has 6 rings (SSSR count). The number of hydrogen-bond acceptors (Lipinski definition) is 20. The Kier molecular flexibility index (Phi) is 45.6. The van der Waals surface area contributed by atoms with Gasteiger partial charge in [-0.05, 0) is 132 Å². The van der Waals surface area contributed by atoms with E-state index in [1.54, 1.807) is 72.8 Å². The average molecular weight is 1390 g/mol. The molecule has 0 heterocycles. The van der Waals surface area contributed by atoms with Gasteiger partial charge >= 0.3 is 11.9 Å². The van der Waals surface area contributed by atoms with E-state index < -0.39 is 11.9 Å². The summed E-state index contributed by atoms with van der Waals surface area (Å²) in [5.41, 5.74) is 5.01. The number of benzene rings is 6. The highest BCUT2D eigenvalue weighted by molar-refractivity contribution is 5.92. The van der Waals surface area contributed by atoms with Crippen molar-refractivity contribution in [2.75, 3.05) is 185 Å². The largest absolute Gasteiger partial charge is 0.494 e. The molecule has 0 spiro atoms. The van der Waals surface area contributed by atoms with Crippen LogP contribution in [0.5, 0.6) is 34.5 Å². The van der Waals surface area contributed by atoms with Crippen molar-refractivity contribution in [3.63, 3.8) is 0 Å². The molecule has 0 amide bonds. The van der Waals surface area contributed by atoms with Crippen LogP contribution >= 0.6 is 0 Å². The number of esters is 2. The fraction of sp³-hybridized carbons (Fsp3) is 0.525. The molecule has 550 valence electrons. The lowest BCUT2D eigenvalue weighted by Crippen LogP contribution is -2.15. The summed E-state index contributed by atoms with van der Waals surface area (Å²) < 4.78 is 101. The molecule has 6 aromatic rings. The summed E-state index contributed by atoms with van der Waals surface area (Å²) in [6.45, 7) is 17.5. The van der Waals surface area contributed by atoms with Crippen molar-refractivity contribution in [1.29, 1.82) is 0 Å². The Morgan fingerprint density at radius 1 is 0.200 bits per heavy atom. The van der Waals surface area contributed by atoms with Crippen molar-refractivity contribution in [3.05, 3.63) is 157 Å². The Bertz CT molecular complexity index is 2730. The summed E-state index contributed by atoms with van der Waals surface area (Å²) in [6, 6.07) is 44.8. The second-order valence-corrected chi connectivity index (χ2v) is 23.2. The number of ether oxygens (including phenoxy) is 18. The highest BCUT2D eigenvalue weighted by Gasteiger charge is 2.13. The minimum absolute atomic E-state index is 0.356. The number of carbonyl (C=O) groups is 2. The standard InChI is InChI=1S/C80H110O20/c1-3-5-7-9-11-13-39-95-73-27-15-67(16-28-73)69-19-35-77(36-20-69)99-79(81)71-23-31-75(32-24-71)97-65-63-93-61-59-91-57-55-89-53-51-87-49-47-85-45-43-83-41-42-84-44-46-86-48-50-88-52-54-90-56-58-92-60-62-94-64-66-98-76-33-25-72(26-34-76)80(82)100-78-37-21-70(22-38-78)68-17-29-74(30-18-68)96-40-14-12-10-8-6-4-2/h15-38H,3-14,39-66H2,1-2H3. The zero-order chi connectivity index (χ0) is 70.1. The van der Waals surface area contributed by atoms with Gasteiger partial charge in [0.05, 0.1) is 183 Å². The summed E-state index contributed by atoms with van der Waals surface area (Å²) in [4.78, 5) is 25.6. The highest BCUT2D eigenvalue weighted by Crippen LogP contribution is 2.28. The molecule has 0 aliphatic carbocycles. The molecule has 100 heavy (non-hydrogen) atoms. The highest BCUT2D eigenvalue weighted by atomic mass is 16.6. The van der Waals surface area contributed by atoms with Gasteiger partial charge in [0.15, 0.2) is 0 Å². The van der Waals surface area contributed by atoms with Gasteiger partial charge < -0.3 is 85.3 Å². The van der Waals surface area contributed by atoms with Crippen molar-refractivity contribution in [3.8, 4) is 56.8 Å². The van der Waals surface area contributed by atoms with Crippen LogP contribution < -0.4 is 28.4 Å². The monoisotopic (exact) mass is 1390 g/mol. The zero-order valence-corrected chi connectivity index (χ0v) is 59.3. The van der Waals surface area contributed by atoms with Crippen LogP contribution in [0.3, 0.4) is 0 Å². The van der Waals surface area contributed by atoms with E-state index in [-0.39, 0.29) is 0 Å². The lowest BCUT2D eigenvalue weighted by molar-refractivity contribution is -0.0287. The van der Waals surface area contributed by atoms with Gasteiger partial charge in [0.25, 0.3) is 0 Å². The van der Waals surface area contributed by atoms with E-state index in [0.29, 0.717) is 206 Å². The first-order valence-corrected chi connectivity index (χ1v) is 36.0. The van der Waals surface area contributed by atoms with Gasteiger partial charge in [-0.3, -0.25) is 0 Å². The zero-order valence-electron chi connectivity index (χ0n) is 59.3.